The van der Waals surface area contributed by atoms with E-state index in [2.05, 4.69) is 78.1 Å². The van der Waals surface area contributed by atoms with Crippen LogP contribution < -0.4 is 33.6 Å². The first-order valence-electron chi connectivity index (χ1n) is 11.3. The molecule has 0 aromatic heterocycles. The summed E-state index contributed by atoms with van der Waals surface area (Å²) in [5.41, 5.74) is 1.58. The molecule has 0 saturated carbocycles. The first-order chi connectivity index (χ1) is 16.6. The first kappa shape index (κ1) is 26.2. The molecule has 0 bridgehead atoms. The first-order valence-corrected chi connectivity index (χ1v) is 13.2. The zero-order valence-electron chi connectivity index (χ0n) is 19.4. The molecule has 0 saturated heterocycles. The molecular weight excluding hydrogens is 477 g/mol. The number of hydrogen-bond acceptors (Lipinski definition) is 3. The molecule has 0 fully saturated rings. The molecule has 0 aliphatic carbocycles. The van der Waals surface area contributed by atoms with Gasteiger partial charge in [0.2, 0.25) is 0 Å². The summed E-state index contributed by atoms with van der Waals surface area (Å²) in [7, 11) is -2.15. The standard InChI is InChI=1S/C29H26NO3P.ClH/c1-2-33-29(32)28(31)30-27-21-13-12-14-23(27)22-34(24-15-6-3-7-16-24,25-17-8-4-9-18-25)26-19-10-5-11-20-26;/h3-21H,2,22H2,1H3;1H. The van der Waals surface area contributed by atoms with Crippen molar-refractivity contribution in [3.63, 3.8) is 0 Å². The summed E-state index contributed by atoms with van der Waals surface area (Å²) in [6, 6.07) is 39.3. The highest BCUT2D eigenvalue weighted by Gasteiger charge is 2.45. The summed E-state index contributed by atoms with van der Waals surface area (Å²) in [6.07, 6.45) is 0.685. The molecule has 1 N–H and O–H groups in total. The fraction of sp³-hybridized carbons (Fsp3) is 0.103. The largest absolute Gasteiger partial charge is 1.00 e. The van der Waals surface area contributed by atoms with Crippen LogP contribution >= 0.6 is 7.26 Å². The molecule has 0 spiro atoms. The van der Waals surface area contributed by atoms with E-state index in [0.717, 1.165) is 5.56 Å². The van der Waals surface area contributed by atoms with Gasteiger partial charge in [-0.25, -0.2) is 4.79 Å². The van der Waals surface area contributed by atoms with E-state index in [1.165, 1.54) is 15.9 Å². The molecule has 4 aromatic carbocycles. The second-order valence-electron chi connectivity index (χ2n) is 7.81. The average Bonchev–Trinajstić information content (AvgIpc) is 2.90. The quantitative estimate of drug-likeness (QED) is 0.237. The summed E-state index contributed by atoms with van der Waals surface area (Å²) in [5, 5.41) is 6.52. The molecule has 35 heavy (non-hydrogen) atoms. The lowest BCUT2D eigenvalue weighted by atomic mass is 10.2. The van der Waals surface area contributed by atoms with Crippen molar-refractivity contribution in [2.24, 2.45) is 0 Å². The van der Waals surface area contributed by atoms with Gasteiger partial charge in [-0.1, -0.05) is 72.8 Å². The Hall–Kier alpha value is -3.46. The van der Waals surface area contributed by atoms with E-state index < -0.39 is 19.1 Å². The molecule has 0 atom stereocenters. The summed E-state index contributed by atoms with van der Waals surface area (Å²) < 4.78 is 4.88. The lowest BCUT2D eigenvalue weighted by Gasteiger charge is -2.28. The van der Waals surface area contributed by atoms with Crippen LogP contribution in [0.2, 0.25) is 0 Å². The third-order valence-electron chi connectivity index (χ3n) is 5.72. The van der Waals surface area contributed by atoms with Crippen molar-refractivity contribution in [1.82, 2.24) is 0 Å². The van der Waals surface area contributed by atoms with E-state index in [4.69, 9.17) is 4.74 Å². The number of carbonyl (C=O) groups is 2. The smallest absolute Gasteiger partial charge is 0.397 e. The minimum Gasteiger partial charge on any atom is -1.00 e. The number of esters is 1. The summed E-state index contributed by atoms with van der Waals surface area (Å²) in [4.78, 5) is 24.4. The van der Waals surface area contributed by atoms with Crippen molar-refractivity contribution < 1.29 is 26.7 Å². The van der Waals surface area contributed by atoms with Crippen molar-refractivity contribution in [2.45, 2.75) is 13.1 Å². The topological polar surface area (TPSA) is 55.4 Å². The van der Waals surface area contributed by atoms with Crippen LogP contribution in [0.3, 0.4) is 0 Å². The molecule has 4 rings (SSSR count). The van der Waals surface area contributed by atoms with Gasteiger partial charge < -0.3 is 22.5 Å². The van der Waals surface area contributed by atoms with E-state index in [1.807, 2.05) is 42.5 Å². The Balaban J connectivity index is 0.00000342. The third-order valence-corrected chi connectivity index (χ3v) is 10.1. The van der Waals surface area contributed by atoms with Gasteiger partial charge in [0.05, 0.1) is 6.61 Å². The van der Waals surface area contributed by atoms with Crippen LogP contribution in [-0.2, 0) is 20.5 Å². The number of nitrogens with one attached hydrogen (secondary N) is 1. The van der Waals surface area contributed by atoms with Crippen molar-refractivity contribution in [3.05, 3.63) is 121 Å². The number of hydrogen-bond donors (Lipinski definition) is 1. The third kappa shape index (κ3) is 5.79. The van der Waals surface area contributed by atoms with E-state index in [-0.39, 0.29) is 19.0 Å². The van der Waals surface area contributed by atoms with Crippen molar-refractivity contribution in [2.75, 3.05) is 11.9 Å². The van der Waals surface area contributed by atoms with Gasteiger partial charge in [0.25, 0.3) is 0 Å². The molecule has 4 aromatic rings. The Morgan fingerprint density at radius 1 is 0.686 bits per heavy atom. The number of rotatable bonds is 7. The van der Waals surface area contributed by atoms with E-state index in [1.54, 1.807) is 6.92 Å². The average molecular weight is 504 g/mol. The Morgan fingerprint density at radius 3 is 1.57 bits per heavy atom. The van der Waals surface area contributed by atoms with Gasteiger partial charge in [0.1, 0.15) is 29.3 Å². The van der Waals surface area contributed by atoms with Gasteiger partial charge in [-0.2, -0.15) is 0 Å². The maximum absolute atomic E-state index is 12.5. The fourth-order valence-corrected chi connectivity index (χ4v) is 8.45. The van der Waals surface area contributed by atoms with Gasteiger partial charge >= 0.3 is 11.9 Å². The van der Waals surface area contributed by atoms with E-state index >= 15 is 0 Å². The molecule has 4 nitrogen and oxygen atoms in total. The van der Waals surface area contributed by atoms with Crippen molar-refractivity contribution in [1.29, 1.82) is 0 Å². The zero-order valence-corrected chi connectivity index (χ0v) is 21.1. The van der Waals surface area contributed by atoms with Gasteiger partial charge in [0, 0.05) is 11.3 Å². The maximum atomic E-state index is 12.5. The SMILES string of the molecule is CCOC(=O)C(=O)Nc1ccccc1C[P+](c1ccccc1)(c1ccccc1)c1ccccc1.[Cl-]. The van der Waals surface area contributed by atoms with Gasteiger partial charge in [-0.05, 0) is 49.4 Å². The van der Waals surface area contributed by atoms with E-state index in [9.17, 15) is 9.59 Å². The number of para-hydroxylation sites is 1. The molecule has 0 unspecified atom stereocenters. The minimum absolute atomic E-state index is 0. The lowest BCUT2D eigenvalue weighted by molar-refractivity contribution is -0.152. The summed E-state index contributed by atoms with van der Waals surface area (Å²) in [5.74, 6) is -1.65. The monoisotopic (exact) mass is 503 g/mol. The molecule has 0 radical (unpaired) electrons. The van der Waals surface area contributed by atoms with E-state index in [0.29, 0.717) is 11.8 Å². The molecule has 1 amide bonds. The Kier molecular flexibility index (Phi) is 9.19. The van der Waals surface area contributed by atoms with Crippen molar-refractivity contribution >= 4 is 40.7 Å². The fourth-order valence-electron chi connectivity index (χ4n) is 4.17. The molecule has 0 heterocycles. The van der Waals surface area contributed by atoms with Crippen LogP contribution in [0, 0.1) is 0 Å². The van der Waals surface area contributed by atoms with Crippen LogP contribution in [-0.4, -0.2) is 18.5 Å². The summed E-state index contributed by atoms with van der Waals surface area (Å²) in [6.45, 7) is 1.83. The summed E-state index contributed by atoms with van der Waals surface area (Å²) >= 11 is 0. The number of halogens is 1. The highest BCUT2D eigenvalue weighted by Crippen LogP contribution is 2.58. The normalized spacial score (nSPS) is 10.7. The van der Waals surface area contributed by atoms with Gasteiger partial charge in [-0.3, -0.25) is 4.79 Å². The van der Waals surface area contributed by atoms with Crippen LogP contribution in [0.4, 0.5) is 5.69 Å². The molecule has 178 valence electrons. The van der Waals surface area contributed by atoms with Gasteiger partial charge in [0.15, 0.2) is 0 Å². The molecule has 6 heteroatoms. The van der Waals surface area contributed by atoms with Gasteiger partial charge in [-0.15, -0.1) is 0 Å². The van der Waals surface area contributed by atoms with Crippen LogP contribution in [0.5, 0.6) is 0 Å². The predicted molar refractivity (Wildman–Crippen MR) is 141 cm³/mol. The number of anilines is 1. The highest BCUT2D eigenvalue weighted by atomic mass is 35.5. The number of amides is 1. The highest BCUT2D eigenvalue weighted by molar-refractivity contribution is 7.95. The minimum atomic E-state index is -2.15. The number of carbonyl (C=O) groups excluding carboxylic acids is 2. The lowest BCUT2D eigenvalue weighted by Crippen LogP contribution is -3.00. The predicted octanol–water partition coefficient (Wildman–Crippen LogP) is 1.69. The Bertz CT molecular complexity index is 1150. The number of ether oxygens (including phenoxy) is 1. The number of benzene rings is 4. The Morgan fingerprint density at radius 2 is 1.11 bits per heavy atom. The molecule has 0 aliphatic heterocycles. The molecular formula is C29H27ClNO3P. The van der Waals surface area contributed by atoms with Crippen LogP contribution in [0.1, 0.15) is 12.5 Å². The second kappa shape index (κ2) is 12.3. The molecule has 0 aliphatic rings. The van der Waals surface area contributed by atoms with Crippen molar-refractivity contribution in [3.8, 4) is 0 Å². The van der Waals surface area contributed by atoms with Crippen LogP contribution in [0.15, 0.2) is 115 Å². The Labute approximate surface area is 213 Å². The second-order valence-corrected chi connectivity index (χ2v) is 11.3. The maximum Gasteiger partial charge on any atom is 0.397 e. The zero-order chi connectivity index (χ0) is 23.8. The van der Waals surface area contributed by atoms with Crippen LogP contribution in [0.25, 0.3) is 0 Å².